The van der Waals surface area contributed by atoms with Crippen LogP contribution in [0, 0.1) is 22.6 Å². The molecule has 2 aromatic carbocycles. The Morgan fingerprint density at radius 1 is 1.14 bits per heavy atom. The van der Waals surface area contributed by atoms with E-state index in [0.29, 0.717) is 5.57 Å². The molecule has 1 saturated carbocycles. The highest BCUT2D eigenvalue weighted by Gasteiger charge is 2.74. The third-order valence-corrected chi connectivity index (χ3v) is 8.17. The summed E-state index contributed by atoms with van der Waals surface area (Å²) >= 11 is 6.12. The van der Waals surface area contributed by atoms with E-state index in [9.17, 15) is 40.7 Å². The van der Waals surface area contributed by atoms with Gasteiger partial charge in [0.2, 0.25) is 5.72 Å². The minimum Gasteiger partial charge on any atom is -0.396 e. The number of ether oxygens (including phenoxy) is 1. The highest BCUT2D eigenvalue weighted by Crippen LogP contribution is 2.62. The SMILES string of the molecule is C=C(CCO)c1cc(F)c2c(c1)C(=O)N(Cc1ccc(C#N)cn1)[C@@]2(OC(O)(O)C1(C(O)(O)O)CC1)c1ccc(Cl)cc1. The van der Waals surface area contributed by atoms with Crippen LogP contribution >= 0.6 is 11.6 Å². The molecule has 6 N–H and O–H groups in total. The van der Waals surface area contributed by atoms with Gasteiger partial charge in [0, 0.05) is 23.4 Å². The highest BCUT2D eigenvalue weighted by molar-refractivity contribution is 6.30. The van der Waals surface area contributed by atoms with Crippen LogP contribution in [0.2, 0.25) is 5.02 Å². The van der Waals surface area contributed by atoms with Crippen LogP contribution in [-0.4, -0.2) is 65.0 Å². The van der Waals surface area contributed by atoms with Crippen LogP contribution < -0.4 is 0 Å². The zero-order valence-corrected chi connectivity index (χ0v) is 23.3. The lowest BCUT2D eigenvalue weighted by Crippen LogP contribution is -2.61. The van der Waals surface area contributed by atoms with Crippen LogP contribution in [0.4, 0.5) is 4.39 Å². The van der Waals surface area contributed by atoms with Crippen LogP contribution in [0.15, 0.2) is 61.3 Å². The molecule has 0 saturated heterocycles. The van der Waals surface area contributed by atoms with Gasteiger partial charge in [0.15, 0.2) is 0 Å². The fraction of sp³-hybridized carbons (Fsp3) is 0.300. The van der Waals surface area contributed by atoms with Gasteiger partial charge in [0.25, 0.3) is 17.9 Å². The van der Waals surface area contributed by atoms with E-state index in [1.54, 1.807) is 0 Å². The number of carbonyl (C=O) groups is 1. The molecule has 1 atom stereocenters. The molecule has 0 bridgehead atoms. The molecule has 3 aromatic rings. The first-order valence-electron chi connectivity index (χ1n) is 13.1. The lowest BCUT2D eigenvalue weighted by atomic mass is 9.89. The standard InChI is InChI=1S/C30H27ClFN3O8/c1-17(8-11-36)19-12-23-25(24(32)13-19)28(20-3-5-21(31)6-4-20,43-30(41,42)27(9-10-27)29(38,39)40)35(26(23)37)16-22-7-2-18(14-33)15-34-22/h2-7,12-13,15,36,38-42H,1,8-11,16H2/t28-/m1/s1. The maximum Gasteiger partial charge on any atom is 0.294 e. The summed E-state index contributed by atoms with van der Waals surface area (Å²) < 4.78 is 22.3. The predicted octanol–water partition coefficient (Wildman–Crippen LogP) is 2.06. The van der Waals surface area contributed by atoms with Crippen molar-refractivity contribution in [2.75, 3.05) is 6.61 Å². The summed E-state index contributed by atoms with van der Waals surface area (Å²) in [5.74, 6) is -9.05. The minimum atomic E-state index is -3.63. The number of hydrogen-bond acceptors (Lipinski definition) is 10. The Kier molecular flexibility index (Phi) is 7.67. The van der Waals surface area contributed by atoms with Gasteiger partial charge in [-0.1, -0.05) is 30.3 Å². The Labute approximate surface area is 249 Å². The first-order chi connectivity index (χ1) is 20.2. The minimum absolute atomic E-state index is 0.0128. The van der Waals surface area contributed by atoms with Gasteiger partial charge >= 0.3 is 0 Å². The quantitative estimate of drug-likeness (QED) is 0.185. The van der Waals surface area contributed by atoms with E-state index in [-0.39, 0.29) is 58.8 Å². The molecule has 43 heavy (non-hydrogen) atoms. The van der Waals surface area contributed by atoms with Gasteiger partial charge in [0.1, 0.15) is 17.3 Å². The first kappa shape index (κ1) is 30.7. The van der Waals surface area contributed by atoms with Gasteiger partial charge < -0.3 is 30.6 Å². The van der Waals surface area contributed by atoms with Crippen molar-refractivity contribution in [3.63, 3.8) is 0 Å². The first-order valence-corrected chi connectivity index (χ1v) is 13.5. The van der Waals surface area contributed by atoms with E-state index in [1.165, 1.54) is 48.7 Å². The number of aliphatic hydroxyl groups is 6. The number of halogens is 2. The molecule has 0 radical (unpaired) electrons. The summed E-state index contributed by atoms with van der Waals surface area (Å²) in [5, 5.41) is 71.7. The van der Waals surface area contributed by atoms with Gasteiger partial charge in [-0.3, -0.25) is 19.4 Å². The van der Waals surface area contributed by atoms with E-state index in [2.05, 4.69) is 11.6 Å². The van der Waals surface area contributed by atoms with Crippen LogP contribution in [0.5, 0.6) is 0 Å². The summed E-state index contributed by atoms with van der Waals surface area (Å²) in [6.07, 6.45) is 0.695. The second-order valence-electron chi connectivity index (χ2n) is 10.6. The van der Waals surface area contributed by atoms with E-state index >= 15 is 4.39 Å². The summed E-state index contributed by atoms with van der Waals surface area (Å²) in [4.78, 5) is 19.4. The molecule has 13 heteroatoms. The second-order valence-corrected chi connectivity index (χ2v) is 11.0. The van der Waals surface area contributed by atoms with E-state index < -0.39 is 46.9 Å². The molecular weight excluding hydrogens is 585 g/mol. The summed E-state index contributed by atoms with van der Waals surface area (Å²) in [6, 6.07) is 12.7. The number of pyridine rings is 1. The lowest BCUT2D eigenvalue weighted by molar-refractivity contribution is -0.484. The van der Waals surface area contributed by atoms with Crippen LogP contribution in [0.1, 0.15) is 57.6 Å². The molecule has 0 unspecified atom stereocenters. The molecule has 2 aliphatic rings. The normalized spacial score (nSPS) is 19.2. The number of benzene rings is 2. The number of aliphatic hydroxyl groups excluding tert-OH is 1. The van der Waals surface area contributed by atoms with Crippen LogP contribution in [0.3, 0.4) is 0 Å². The van der Waals surface area contributed by atoms with Gasteiger partial charge in [-0.05, 0) is 66.8 Å². The lowest BCUT2D eigenvalue weighted by Gasteiger charge is -2.46. The second kappa shape index (κ2) is 10.7. The molecule has 0 spiro atoms. The Bertz CT molecular complexity index is 1630. The molecule has 224 valence electrons. The molecule has 1 fully saturated rings. The Balaban J connectivity index is 1.79. The smallest absolute Gasteiger partial charge is 0.294 e. The zero-order valence-electron chi connectivity index (χ0n) is 22.5. The third kappa shape index (κ3) is 5.00. The van der Waals surface area contributed by atoms with Crippen molar-refractivity contribution in [1.82, 2.24) is 9.88 Å². The maximum absolute atomic E-state index is 16.4. The van der Waals surface area contributed by atoms with Crippen molar-refractivity contribution in [3.8, 4) is 6.07 Å². The number of rotatable bonds is 10. The molecule has 11 nitrogen and oxygen atoms in total. The molecular formula is C30H27ClFN3O8. The average Bonchev–Trinajstić information content (AvgIpc) is 3.75. The average molecular weight is 612 g/mol. The van der Waals surface area contributed by atoms with Crippen molar-refractivity contribution < 1.29 is 44.6 Å². The van der Waals surface area contributed by atoms with E-state index in [1.807, 2.05) is 6.07 Å². The van der Waals surface area contributed by atoms with Gasteiger partial charge in [-0.15, -0.1) is 0 Å². The molecule has 1 aliphatic carbocycles. The molecule has 1 aromatic heterocycles. The number of aromatic nitrogens is 1. The number of hydrogen-bond donors (Lipinski definition) is 6. The predicted molar refractivity (Wildman–Crippen MR) is 148 cm³/mol. The Morgan fingerprint density at radius 2 is 1.81 bits per heavy atom. The molecule has 5 rings (SSSR count). The maximum atomic E-state index is 16.4. The van der Waals surface area contributed by atoms with Gasteiger partial charge in [-0.25, -0.2) is 4.39 Å². The van der Waals surface area contributed by atoms with Crippen molar-refractivity contribution in [2.24, 2.45) is 5.41 Å². The Morgan fingerprint density at radius 3 is 2.35 bits per heavy atom. The van der Waals surface area contributed by atoms with E-state index in [4.69, 9.17) is 16.3 Å². The Hall–Kier alpha value is -3.77. The fourth-order valence-corrected chi connectivity index (χ4v) is 5.53. The number of carbonyl (C=O) groups excluding carboxylic acids is 1. The molecule has 2 heterocycles. The fourth-order valence-electron chi connectivity index (χ4n) is 5.41. The zero-order chi connectivity index (χ0) is 31.4. The van der Waals surface area contributed by atoms with E-state index in [0.717, 1.165) is 11.0 Å². The third-order valence-electron chi connectivity index (χ3n) is 7.92. The van der Waals surface area contributed by atoms with Gasteiger partial charge in [-0.2, -0.15) is 5.26 Å². The summed E-state index contributed by atoms with van der Waals surface area (Å²) in [5.41, 5.74) is -4.71. The number of fused-ring (bicyclic) bond motifs is 1. The van der Waals surface area contributed by atoms with Crippen molar-refractivity contribution in [3.05, 3.63) is 106 Å². The largest absolute Gasteiger partial charge is 0.396 e. The summed E-state index contributed by atoms with van der Waals surface area (Å²) in [7, 11) is 0. The summed E-state index contributed by atoms with van der Waals surface area (Å²) in [6.45, 7) is 3.14. The van der Waals surface area contributed by atoms with Crippen molar-refractivity contribution >= 4 is 23.1 Å². The monoisotopic (exact) mass is 611 g/mol. The van der Waals surface area contributed by atoms with Crippen molar-refractivity contribution in [1.29, 1.82) is 5.26 Å². The van der Waals surface area contributed by atoms with Crippen molar-refractivity contribution in [2.45, 2.75) is 43.5 Å². The number of nitriles is 1. The molecule has 1 aliphatic heterocycles. The topological polar surface area (TPSA) is 188 Å². The highest BCUT2D eigenvalue weighted by atomic mass is 35.5. The number of amides is 1. The van der Waals surface area contributed by atoms with Crippen LogP contribution in [-0.2, 0) is 17.0 Å². The number of nitrogens with zero attached hydrogens (tertiary/aromatic N) is 3. The van der Waals surface area contributed by atoms with Gasteiger partial charge in [0.05, 0.1) is 28.9 Å². The molecule has 1 amide bonds. The van der Waals surface area contributed by atoms with Crippen LogP contribution in [0.25, 0.3) is 5.57 Å².